The number of fused-ring (bicyclic) bond motifs is 5. The molecule has 4 aliphatic carbocycles. The van der Waals surface area contributed by atoms with E-state index in [1.807, 2.05) is 0 Å². The molecule has 0 aromatic rings. The number of aliphatic hydroxyl groups is 3. The van der Waals surface area contributed by atoms with Crippen LogP contribution in [0.4, 0.5) is 0 Å². The van der Waals surface area contributed by atoms with Gasteiger partial charge in [-0.05, 0) is 104 Å². The Hall–Kier alpha value is -0.710. The number of aliphatic hydroxyl groups excluding tert-OH is 2. The van der Waals surface area contributed by atoms with Gasteiger partial charge in [0.05, 0.1) is 12.2 Å². The van der Waals surface area contributed by atoms with Gasteiger partial charge in [-0.2, -0.15) is 0 Å². The zero-order valence-corrected chi connectivity index (χ0v) is 22.9. The molecule has 3 fully saturated rings. The van der Waals surface area contributed by atoms with E-state index in [1.54, 1.807) is 5.57 Å². The molecule has 4 rings (SSSR count). The summed E-state index contributed by atoms with van der Waals surface area (Å²) in [6.07, 6.45) is 9.28. The lowest BCUT2D eigenvalue weighted by atomic mass is 9.41. The lowest BCUT2D eigenvalue weighted by Gasteiger charge is -2.64. The van der Waals surface area contributed by atoms with Crippen molar-refractivity contribution in [3.63, 3.8) is 0 Å². The Balaban J connectivity index is 1.62. The predicted octanol–water partition coefficient (Wildman–Crippen LogP) is 5.68. The molecule has 0 aromatic carbocycles. The van der Waals surface area contributed by atoms with E-state index >= 15 is 0 Å². The average Bonchev–Trinajstić information content (AvgIpc) is 3.01. The molecular weight excluding hydrogens is 424 g/mol. The molecule has 0 radical (unpaired) electrons. The van der Waals surface area contributed by atoms with E-state index in [2.05, 4.69) is 47.6 Å². The van der Waals surface area contributed by atoms with E-state index in [4.69, 9.17) is 0 Å². The quantitative estimate of drug-likeness (QED) is 0.448. The number of ketones is 1. The third-order valence-corrected chi connectivity index (χ3v) is 12.2. The minimum absolute atomic E-state index is 0.0174. The maximum atomic E-state index is 12.4. The van der Waals surface area contributed by atoms with Crippen molar-refractivity contribution < 1.29 is 20.1 Å². The second kappa shape index (κ2) is 8.15. The summed E-state index contributed by atoms with van der Waals surface area (Å²) in [5.74, 6) is 1.17. The van der Waals surface area contributed by atoms with E-state index in [1.165, 1.54) is 33.1 Å². The normalized spacial score (nSPS) is 45.4. The maximum absolute atomic E-state index is 12.4. The van der Waals surface area contributed by atoms with Gasteiger partial charge >= 0.3 is 0 Å². The second-order valence-electron chi connectivity index (χ2n) is 14.4. The van der Waals surface area contributed by atoms with Crippen LogP contribution in [0.2, 0.25) is 0 Å². The number of hydrogen-bond donors (Lipinski definition) is 3. The molecule has 4 aliphatic rings. The van der Waals surface area contributed by atoms with Crippen molar-refractivity contribution in [1.29, 1.82) is 0 Å². The Morgan fingerprint density at radius 2 is 1.71 bits per heavy atom. The monoisotopic (exact) mass is 474 g/mol. The van der Waals surface area contributed by atoms with Crippen molar-refractivity contribution in [3.8, 4) is 0 Å². The highest BCUT2D eigenvalue weighted by molar-refractivity contribution is 5.86. The molecular formula is C30H50O4. The highest BCUT2D eigenvalue weighted by Crippen LogP contribution is 2.73. The lowest BCUT2D eigenvalue weighted by Crippen LogP contribution is -2.57. The van der Waals surface area contributed by atoms with Crippen molar-refractivity contribution in [3.05, 3.63) is 11.6 Å². The van der Waals surface area contributed by atoms with Crippen LogP contribution in [-0.2, 0) is 4.79 Å². The van der Waals surface area contributed by atoms with Crippen LogP contribution in [0, 0.1) is 45.3 Å². The largest absolute Gasteiger partial charge is 0.393 e. The fourth-order valence-electron chi connectivity index (χ4n) is 9.49. The highest BCUT2D eigenvalue weighted by atomic mass is 16.3. The standard InChI is InChI=1S/C30H50O4/c1-18(22(31)17-25(33)27(4,5)34)19-11-15-30(8)21-9-10-23-26(2,3)24(32)13-14-28(23,6)20(21)12-16-29(19,30)7/h12,18-19,21-24,31-32,34H,9-11,13-17H2,1-8H3. The van der Waals surface area contributed by atoms with Crippen molar-refractivity contribution in [1.82, 2.24) is 0 Å². The third kappa shape index (κ3) is 3.60. The SMILES string of the molecule is CC(C(O)CC(=O)C(C)(C)O)C1CCC2(C)C3CCC4C(C)(CCC(O)C4(C)C)C3=CCC12C. The van der Waals surface area contributed by atoms with E-state index in [0.29, 0.717) is 17.8 Å². The van der Waals surface area contributed by atoms with Gasteiger partial charge in [0.2, 0.25) is 0 Å². The first-order valence-electron chi connectivity index (χ1n) is 13.8. The minimum Gasteiger partial charge on any atom is -0.393 e. The van der Waals surface area contributed by atoms with Gasteiger partial charge in [0.25, 0.3) is 0 Å². The molecule has 0 amide bonds. The third-order valence-electron chi connectivity index (χ3n) is 12.2. The molecule has 0 spiro atoms. The van der Waals surface area contributed by atoms with Gasteiger partial charge in [-0.25, -0.2) is 0 Å². The summed E-state index contributed by atoms with van der Waals surface area (Å²) in [6, 6.07) is 0. The Kier molecular flexibility index (Phi) is 6.32. The summed E-state index contributed by atoms with van der Waals surface area (Å²) in [4.78, 5) is 12.4. The summed E-state index contributed by atoms with van der Waals surface area (Å²) in [5.41, 5.74) is 0.654. The van der Waals surface area contributed by atoms with Crippen molar-refractivity contribution in [2.75, 3.05) is 0 Å². The van der Waals surface area contributed by atoms with Crippen LogP contribution in [0.1, 0.15) is 107 Å². The van der Waals surface area contributed by atoms with Gasteiger partial charge in [0, 0.05) is 6.42 Å². The summed E-state index contributed by atoms with van der Waals surface area (Å²) in [6.45, 7) is 17.1. The van der Waals surface area contributed by atoms with Crippen LogP contribution in [0.5, 0.6) is 0 Å². The summed E-state index contributed by atoms with van der Waals surface area (Å²) < 4.78 is 0. The van der Waals surface area contributed by atoms with Crippen LogP contribution in [0.15, 0.2) is 11.6 Å². The van der Waals surface area contributed by atoms with Crippen LogP contribution in [0.25, 0.3) is 0 Å². The van der Waals surface area contributed by atoms with Crippen molar-refractivity contribution in [2.24, 2.45) is 45.3 Å². The Morgan fingerprint density at radius 3 is 2.32 bits per heavy atom. The van der Waals surface area contributed by atoms with Crippen LogP contribution in [-0.4, -0.2) is 38.9 Å². The van der Waals surface area contributed by atoms with E-state index in [9.17, 15) is 20.1 Å². The van der Waals surface area contributed by atoms with Gasteiger partial charge < -0.3 is 15.3 Å². The zero-order chi connectivity index (χ0) is 25.5. The molecule has 0 bridgehead atoms. The molecule has 0 aromatic heterocycles. The lowest BCUT2D eigenvalue weighted by molar-refractivity contribution is -0.138. The van der Waals surface area contributed by atoms with Crippen LogP contribution >= 0.6 is 0 Å². The number of Topliss-reactive ketones (excluding diaryl/α,β-unsaturated/α-hetero) is 1. The van der Waals surface area contributed by atoms with Crippen LogP contribution < -0.4 is 0 Å². The first-order valence-corrected chi connectivity index (χ1v) is 13.8. The fraction of sp³-hybridized carbons (Fsp3) is 0.900. The van der Waals surface area contributed by atoms with Gasteiger partial charge in [-0.1, -0.05) is 53.2 Å². The van der Waals surface area contributed by atoms with E-state index < -0.39 is 11.7 Å². The molecule has 9 atom stereocenters. The van der Waals surface area contributed by atoms with Gasteiger partial charge in [0.1, 0.15) is 5.60 Å². The maximum Gasteiger partial charge on any atom is 0.166 e. The Bertz CT molecular complexity index is 852. The first kappa shape index (κ1) is 26.4. The van der Waals surface area contributed by atoms with Crippen molar-refractivity contribution in [2.45, 2.75) is 125 Å². The minimum atomic E-state index is -1.40. The summed E-state index contributed by atoms with van der Waals surface area (Å²) in [5, 5.41) is 31.9. The number of rotatable bonds is 5. The average molecular weight is 475 g/mol. The molecule has 0 saturated heterocycles. The molecule has 4 heteroatoms. The summed E-state index contributed by atoms with van der Waals surface area (Å²) in [7, 11) is 0. The molecule has 0 aliphatic heterocycles. The Morgan fingerprint density at radius 1 is 1.06 bits per heavy atom. The second-order valence-corrected chi connectivity index (χ2v) is 14.4. The fourth-order valence-corrected chi connectivity index (χ4v) is 9.49. The molecule has 0 heterocycles. The molecule has 194 valence electrons. The summed E-state index contributed by atoms with van der Waals surface area (Å²) >= 11 is 0. The molecule has 4 nitrogen and oxygen atoms in total. The Labute approximate surface area is 207 Å². The van der Waals surface area contributed by atoms with Gasteiger partial charge in [0.15, 0.2) is 5.78 Å². The van der Waals surface area contributed by atoms with Gasteiger partial charge in [-0.15, -0.1) is 0 Å². The topological polar surface area (TPSA) is 77.8 Å². The molecule has 9 unspecified atom stereocenters. The first-order chi connectivity index (χ1) is 15.5. The molecule has 34 heavy (non-hydrogen) atoms. The molecule has 3 saturated carbocycles. The number of hydrogen-bond acceptors (Lipinski definition) is 4. The number of carbonyl (C=O) groups excluding carboxylic acids is 1. The smallest absolute Gasteiger partial charge is 0.166 e. The van der Waals surface area contributed by atoms with Gasteiger partial charge in [-0.3, -0.25) is 4.79 Å². The van der Waals surface area contributed by atoms with Crippen molar-refractivity contribution >= 4 is 5.78 Å². The zero-order valence-electron chi connectivity index (χ0n) is 22.9. The number of carbonyl (C=O) groups is 1. The van der Waals surface area contributed by atoms with E-state index in [0.717, 1.165) is 25.7 Å². The number of allylic oxidation sites excluding steroid dienone is 2. The predicted molar refractivity (Wildman–Crippen MR) is 136 cm³/mol. The van der Waals surface area contributed by atoms with E-state index in [-0.39, 0.29) is 45.9 Å². The highest BCUT2D eigenvalue weighted by Gasteiger charge is 2.65. The van der Waals surface area contributed by atoms with Crippen LogP contribution in [0.3, 0.4) is 0 Å². The molecule has 3 N–H and O–H groups in total.